The van der Waals surface area contributed by atoms with Crippen molar-refractivity contribution < 1.29 is 19.3 Å². The van der Waals surface area contributed by atoms with Gasteiger partial charge in [0.1, 0.15) is 5.03 Å². The van der Waals surface area contributed by atoms with E-state index in [9.17, 15) is 14.7 Å². The second kappa shape index (κ2) is 5.26. The van der Waals surface area contributed by atoms with Gasteiger partial charge in [0, 0.05) is 31.9 Å². The van der Waals surface area contributed by atoms with Gasteiger partial charge in [-0.1, -0.05) is 23.2 Å². The highest BCUT2D eigenvalue weighted by Crippen LogP contribution is 2.28. The van der Waals surface area contributed by atoms with Crippen molar-refractivity contribution in [2.24, 2.45) is 0 Å². The van der Waals surface area contributed by atoms with Gasteiger partial charge < -0.3 is 10.0 Å². The normalized spacial score (nSPS) is 16.0. The number of halogens is 2. The van der Waals surface area contributed by atoms with Crippen LogP contribution >= 0.6 is 23.2 Å². The predicted molar refractivity (Wildman–Crippen MR) is 72.9 cm³/mol. The van der Waals surface area contributed by atoms with Crippen LogP contribution in [0.2, 0.25) is 0 Å². The fraction of sp³-hybridized carbons (Fsp3) is 0.154. The number of hydrogen-bond donors (Lipinski definition) is 0. The van der Waals surface area contributed by atoms with Gasteiger partial charge in [0.05, 0.1) is 5.03 Å². The lowest BCUT2D eigenvalue weighted by Gasteiger charge is -2.18. The van der Waals surface area contributed by atoms with E-state index in [1.807, 2.05) is 19.0 Å². The Labute approximate surface area is 125 Å². The van der Waals surface area contributed by atoms with Crippen molar-refractivity contribution in [2.45, 2.75) is 0 Å². The number of anilines is 1. The largest absolute Gasteiger partial charge is 0.867 e. The number of ketones is 2. The smallest absolute Gasteiger partial charge is 0.297 e. The first-order valence-electron chi connectivity index (χ1n) is 5.59. The summed E-state index contributed by atoms with van der Waals surface area (Å²) in [5.41, 5.74) is 0.554. The van der Waals surface area contributed by atoms with Gasteiger partial charge in [0.15, 0.2) is 12.4 Å². The third-order valence-corrected chi connectivity index (χ3v) is 3.63. The first-order chi connectivity index (χ1) is 9.34. The van der Waals surface area contributed by atoms with E-state index in [0.29, 0.717) is 0 Å². The molecule has 0 spiro atoms. The molecule has 1 aliphatic carbocycles. The minimum absolute atomic E-state index is 0.324. The van der Waals surface area contributed by atoms with E-state index in [1.54, 1.807) is 12.1 Å². The lowest BCUT2D eigenvalue weighted by Crippen LogP contribution is -2.43. The van der Waals surface area contributed by atoms with Gasteiger partial charge in [0.25, 0.3) is 17.3 Å². The number of nitrogens with zero attached hydrogens (tertiary/aromatic N) is 2. The molecule has 104 valence electrons. The molecule has 0 unspecified atom stereocenters. The molecule has 0 amide bonds. The fourth-order valence-electron chi connectivity index (χ4n) is 1.71. The Morgan fingerprint density at radius 3 is 2.10 bits per heavy atom. The lowest BCUT2D eigenvalue weighted by molar-refractivity contribution is -0.581. The molecule has 2 rings (SSSR count). The first-order valence-corrected chi connectivity index (χ1v) is 6.35. The van der Waals surface area contributed by atoms with E-state index in [4.69, 9.17) is 23.2 Å². The molecule has 5 nitrogen and oxygen atoms in total. The van der Waals surface area contributed by atoms with Crippen LogP contribution in [0, 0.1) is 0 Å². The molecule has 7 heteroatoms. The van der Waals surface area contributed by atoms with Crippen LogP contribution in [0.5, 0.6) is 0 Å². The molecule has 0 saturated carbocycles. The Hall–Kier alpha value is -1.85. The van der Waals surface area contributed by atoms with Crippen LogP contribution in [0.4, 0.5) is 5.69 Å². The molecule has 1 aromatic heterocycles. The van der Waals surface area contributed by atoms with Gasteiger partial charge in [-0.25, -0.2) is 0 Å². The van der Waals surface area contributed by atoms with Gasteiger partial charge in [-0.2, -0.15) is 4.57 Å². The Kier molecular flexibility index (Phi) is 3.83. The summed E-state index contributed by atoms with van der Waals surface area (Å²) in [6, 6.07) is 3.40. The minimum atomic E-state index is -0.976. The molecule has 0 bridgehead atoms. The topological polar surface area (TPSA) is 64.3 Å². The maximum absolute atomic E-state index is 12.0. The Morgan fingerprint density at radius 1 is 1.05 bits per heavy atom. The van der Waals surface area contributed by atoms with Crippen molar-refractivity contribution >= 4 is 46.2 Å². The molecule has 0 atom stereocenters. The van der Waals surface area contributed by atoms with Crippen LogP contribution in [-0.2, 0) is 9.59 Å². The van der Waals surface area contributed by atoms with Gasteiger partial charge in [-0.3, -0.25) is 9.59 Å². The highest BCUT2D eigenvalue weighted by molar-refractivity contribution is 6.68. The average molecular weight is 313 g/mol. The average Bonchev–Trinajstić information content (AvgIpc) is 2.44. The molecule has 1 aromatic rings. The number of pyridine rings is 1. The monoisotopic (exact) mass is 312 g/mol. The Morgan fingerprint density at radius 2 is 1.60 bits per heavy atom. The number of carbonyl (C=O) groups is 2. The van der Waals surface area contributed by atoms with Crippen LogP contribution in [0.25, 0.3) is 5.70 Å². The van der Waals surface area contributed by atoms with E-state index in [2.05, 4.69) is 0 Å². The van der Waals surface area contributed by atoms with E-state index >= 15 is 0 Å². The summed E-state index contributed by atoms with van der Waals surface area (Å²) in [4.78, 5) is 25.4. The lowest BCUT2D eigenvalue weighted by atomic mass is 10.1. The highest BCUT2D eigenvalue weighted by atomic mass is 35.5. The zero-order valence-corrected chi connectivity index (χ0v) is 12.2. The van der Waals surface area contributed by atoms with Crippen molar-refractivity contribution in [1.29, 1.82) is 0 Å². The number of hydrogen-bond acceptors (Lipinski definition) is 4. The summed E-state index contributed by atoms with van der Waals surface area (Å²) in [5.74, 6) is -2.70. The summed E-state index contributed by atoms with van der Waals surface area (Å²) >= 11 is 11.2. The van der Waals surface area contributed by atoms with E-state index in [0.717, 1.165) is 5.69 Å². The van der Waals surface area contributed by atoms with Crippen molar-refractivity contribution in [3.63, 3.8) is 0 Å². The molecule has 0 fully saturated rings. The molecule has 0 saturated heterocycles. The second-order valence-electron chi connectivity index (χ2n) is 4.32. The molecule has 20 heavy (non-hydrogen) atoms. The summed E-state index contributed by atoms with van der Waals surface area (Å²) in [6.45, 7) is 0. The molecule has 0 aliphatic heterocycles. The predicted octanol–water partition coefficient (Wildman–Crippen LogP) is 0.410. The zero-order chi connectivity index (χ0) is 15.0. The number of allylic oxidation sites excluding steroid dienone is 3. The van der Waals surface area contributed by atoms with Crippen LogP contribution in [0.15, 0.2) is 40.4 Å². The standard InChI is InChI=1S/C13H10Cl2N2O3/c1-16(2)7-3-5-17(6-4-7)10-11(18)8(14)9(15)12(19)13(10)20/h3-6H,1-2H3. The van der Waals surface area contributed by atoms with Crippen LogP contribution in [0.1, 0.15) is 0 Å². The fourth-order valence-corrected chi connectivity index (χ4v) is 2.06. The molecular weight excluding hydrogens is 303 g/mol. The van der Waals surface area contributed by atoms with E-state index in [-0.39, 0.29) is 5.70 Å². The van der Waals surface area contributed by atoms with Crippen molar-refractivity contribution in [3.05, 3.63) is 40.4 Å². The van der Waals surface area contributed by atoms with Gasteiger partial charge in [-0.15, -0.1) is 0 Å². The van der Waals surface area contributed by atoms with E-state index in [1.165, 1.54) is 17.0 Å². The van der Waals surface area contributed by atoms with Gasteiger partial charge in [0.2, 0.25) is 0 Å². The number of aromatic nitrogens is 1. The summed E-state index contributed by atoms with van der Waals surface area (Å²) in [7, 11) is 3.71. The SMILES string of the molecule is CN(C)c1cc[n+](C2=C([O-])C(Cl)=C(Cl)C(=O)C2=O)cc1. The summed E-state index contributed by atoms with van der Waals surface area (Å²) < 4.78 is 1.27. The van der Waals surface area contributed by atoms with E-state index < -0.39 is 27.4 Å². The molecule has 0 radical (unpaired) electrons. The molecule has 1 aliphatic rings. The summed E-state index contributed by atoms with van der Waals surface area (Å²) in [6.07, 6.45) is 3.02. The maximum Gasteiger partial charge on any atom is 0.297 e. The summed E-state index contributed by atoms with van der Waals surface area (Å²) in [5, 5.41) is 11.0. The number of carbonyl (C=O) groups excluding carboxylic acids is 2. The van der Waals surface area contributed by atoms with Crippen molar-refractivity contribution in [2.75, 3.05) is 19.0 Å². The number of rotatable bonds is 2. The van der Waals surface area contributed by atoms with Gasteiger partial charge in [-0.05, 0) is 5.76 Å². The quantitative estimate of drug-likeness (QED) is 0.451. The molecular formula is C13H10Cl2N2O3. The van der Waals surface area contributed by atoms with Gasteiger partial charge >= 0.3 is 0 Å². The van der Waals surface area contributed by atoms with Crippen LogP contribution in [-0.4, -0.2) is 25.7 Å². The maximum atomic E-state index is 12.0. The third-order valence-electron chi connectivity index (χ3n) is 2.81. The van der Waals surface area contributed by atoms with Crippen LogP contribution < -0.4 is 14.6 Å². The Balaban J connectivity index is 2.56. The molecule has 0 N–H and O–H groups in total. The first kappa shape index (κ1) is 14.6. The van der Waals surface area contributed by atoms with Crippen LogP contribution in [0.3, 0.4) is 0 Å². The van der Waals surface area contributed by atoms with Crippen molar-refractivity contribution in [1.82, 2.24) is 0 Å². The molecule has 0 aromatic carbocycles. The minimum Gasteiger partial charge on any atom is -0.867 e. The second-order valence-corrected chi connectivity index (χ2v) is 5.08. The Bertz CT molecular complexity index is 661. The molecule has 1 heterocycles. The highest BCUT2D eigenvalue weighted by Gasteiger charge is 2.36. The van der Waals surface area contributed by atoms with Crippen molar-refractivity contribution in [3.8, 4) is 0 Å². The number of Topliss-reactive ketones (excluding diaryl/α,β-unsaturated/α-hetero) is 2. The zero-order valence-electron chi connectivity index (χ0n) is 10.7. The third kappa shape index (κ3) is 2.30.